The Kier molecular flexibility index (Phi) is 76.6. The highest BCUT2D eigenvalue weighted by molar-refractivity contribution is 7.47. The van der Waals surface area contributed by atoms with E-state index < -0.39 is 97.5 Å². The highest BCUT2D eigenvalue weighted by Crippen LogP contribution is 2.45. The first-order chi connectivity index (χ1) is 51.8. The van der Waals surface area contributed by atoms with E-state index in [0.717, 1.165) is 108 Å². The van der Waals surface area contributed by atoms with Gasteiger partial charge >= 0.3 is 39.5 Å². The van der Waals surface area contributed by atoms with Crippen LogP contribution >= 0.6 is 15.6 Å². The molecule has 0 aromatic carbocycles. The lowest BCUT2D eigenvalue weighted by Gasteiger charge is -2.21. The lowest BCUT2D eigenvalue weighted by atomic mass is 9.99. The average molecular weight is 1560 g/mol. The van der Waals surface area contributed by atoms with Crippen LogP contribution in [0.2, 0.25) is 0 Å². The molecule has 0 aliphatic rings. The average Bonchev–Trinajstić information content (AvgIpc) is 0.900. The van der Waals surface area contributed by atoms with Crippen molar-refractivity contribution in [2.24, 2.45) is 17.8 Å². The zero-order chi connectivity index (χ0) is 78.6. The number of carbonyl (C=O) groups is 4. The molecule has 636 valence electrons. The van der Waals surface area contributed by atoms with Gasteiger partial charge in [-0.1, -0.05) is 414 Å². The number of ether oxygens (including phenoxy) is 4. The van der Waals surface area contributed by atoms with E-state index in [2.05, 4.69) is 48.5 Å². The molecule has 107 heavy (non-hydrogen) atoms. The molecule has 0 fully saturated rings. The summed E-state index contributed by atoms with van der Waals surface area (Å²) in [5.74, 6) is 0.225. The third-order valence-corrected chi connectivity index (χ3v) is 22.9. The second kappa shape index (κ2) is 78.0. The van der Waals surface area contributed by atoms with Crippen molar-refractivity contribution >= 4 is 39.5 Å². The molecular weight excluding hydrogens is 1390 g/mol. The van der Waals surface area contributed by atoms with E-state index in [1.807, 2.05) is 0 Å². The van der Waals surface area contributed by atoms with E-state index in [1.54, 1.807) is 0 Å². The number of aliphatic hydroxyl groups is 1. The third-order valence-electron chi connectivity index (χ3n) is 21.0. The van der Waals surface area contributed by atoms with E-state index >= 15 is 0 Å². The zero-order valence-corrected chi connectivity index (χ0v) is 72.4. The van der Waals surface area contributed by atoms with Gasteiger partial charge in [-0.2, -0.15) is 0 Å². The van der Waals surface area contributed by atoms with Gasteiger partial charge < -0.3 is 33.8 Å². The van der Waals surface area contributed by atoms with Crippen molar-refractivity contribution in [1.82, 2.24) is 0 Å². The molecule has 6 atom stereocenters. The summed E-state index contributed by atoms with van der Waals surface area (Å²) in [6.45, 7) is 12.0. The summed E-state index contributed by atoms with van der Waals surface area (Å²) in [7, 11) is -9.93. The quantitative estimate of drug-likeness (QED) is 0.0222. The smallest absolute Gasteiger partial charge is 0.462 e. The van der Waals surface area contributed by atoms with E-state index in [4.69, 9.17) is 37.0 Å². The number of hydrogen-bond donors (Lipinski definition) is 3. The summed E-state index contributed by atoms with van der Waals surface area (Å²) in [5.41, 5.74) is 0. The van der Waals surface area contributed by atoms with Crippen molar-refractivity contribution in [3.8, 4) is 0 Å². The van der Waals surface area contributed by atoms with Crippen molar-refractivity contribution in [2.75, 3.05) is 39.6 Å². The van der Waals surface area contributed by atoms with Crippen LogP contribution in [-0.4, -0.2) is 96.7 Å². The van der Waals surface area contributed by atoms with Crippen LogP contribution in [0.1, 0.15) is 466 Å². The SMILES string of the molecule is CCCCCCCCCCCCCCCCCCCCCCCCC(=O)O[C@H](COC(=O)CCCCCCCCCCCCCCCCCCCCC(C)C)COP(=O)(O)OC[C@@H](O)COP(=O)(O)OC[C@@H](COC(=O)CCCCCCCCCC(C)C)OC(=O)CCCCCCCCCCCCC(C)CC. The minimum absolute atomic E-state index is 0.106. The lowest BCUT2D eigenvalue weighted by molar-refractivity contribution is -0.161. The van der Waals surface area contributed by atoms with Gasteiger partial charge in [-0.3, -0.25) is 37.3 Å². The van der Waals surface area contributed by atoms with Gasteiger partial charge in [-0.15, -0.1) is 0 Å². The van der Waals surface area contributed by atoms with Gasteiger partial charge in [0.1, 0.15) is 19.3 Å². The maximum atomic E-state index is 13.2. The topological polar surface area (TPSA) is 237 Å². The van der Waals surface area contributed by atoms with E-state index in [-0.39, 0.29) is 25.7 Å². The fourth-order valence-electron chi connectivity index (χ4n) is 13.7. The van der Waals surface area contributed by atoms with Crippen LogP contribution in [0, 0.1) is 17.8 Å². The van der Waals surface area contributed by atoms with Gasteiger partial charge in [0.15, 0.2) is 12.2 Å². The molecule has 0 aliphatic carbocycles. The minimum Gasteiger partial charge on any atom is -0.462 e. The summed E-state index contributed by atoms with van der Waals surface area (Å²) < 4.78 is 68.9. The van der Waals surface area contributed by atoms with Gasteiger partial charge in [0.25, 0.3) is 0 Å². The van der Waals surface area contributed by atoms with Crippen LogP contribution in [-0.2, 0) is 65.4 Å². The molecule has 0 aliphatic heterocycles. The monoisotopic (exact) mass is 1560 g/mol. The number of phosphoric ester groups is 2. The number of phosphoric acid groups is 2. The Bertz CT molecular complexity index is 2060. The normalized spacial score (nSPS) is 14.1. The Hall–Kier alpha value is -1.94. The van der Waals surface area contributed by atoms with E-state index in [9.17, 15) is 43.2 Å². The summed E-state index contributed by atoms with van der Waals surface area (Å²) in [6.07, 6.45) is 69.7. The molecule has 0 bridgehead atoms. The van der Waals surface area contributed by atoms with Crippen LogP contribution in [0.5, 0.6) is 0 Å². The van der Waals surface area contributed by atoms with Gasteiger partial charge in [-0.05, 0) is 43.4 Å². The Balaban J connectivity index is 5.21. The maximum absolute atomic E-state index is 13.2. The lowest BCUT2D eigenvalue weighted by Crippen LogP contribution is -2.30. The van der Waals surface area contributed by atoms with Gasteiger partial charge in [0, 0.05) is 25.7 Å². The number of carbonyl (C=O) groups excluding carboxylic acids is 4. The summed E-state index contributed by atoms with van der Waals surface area (Å²) in [6, 6.07) is 0. The largest absolute Gasteiger partial charge is 0.472 e. The van der Waals surface area contributed by atoms with Crippen molar-refractivity contribution in [3.63, 3.8) is 0 Å². The predicted molar refractivity (Wildman–Crippen MR) is 441 cm³/mol. The summed E-state index contributed by atoms with van der Waals surface area (Å²) in [5, 5.41) is 10.7. The Morgan fingerprint density at radius 2 is 0.477 bits per heavy atom. The van der Waals surface area contributed by atoms with Crippen LogP contribution in [0.4, 0.5) is 0 Å². The van der Waals surface area contributed by atoms with Crippen LogP contribution in [0.15, 0.2) is 0 Å². The van der Waals surface area contributed by atoms with Crippen molar-refractivity contribution in [3.05, 3.63) is 0 Å². The molecule has 3 unspecified atom stereocenters. The molecule has 0 aromatic heterocycles. The molecule has 19 heteroatoms. The van der Waals surface area contributed by atoms with E-state index in [1.165, 1.54) is 270 Å². The minimum atomic E-state index is -4.97. The fraction of sp³-hybridized carbons (Fsp3) is 0.955. The first-order valence-corrected chi connectivity index (χ1v) is 48.4. The van der Waals surface area contributed by atoms with Crippen molar-refractivity contribution < 1.29 is 80.2 Å². The molecule has 0 amide bonds. The summed E-state index contributed by atoms with van der Waals surface area (Å²) >= 11 is 0. The van der Waals surface area contributed by atoms with E-state index in [0.29, 0.717) is 31.6 Å². The van der Waals surface area contributed by atoms with Gasteiger partial charge in [0.05, 0.1) is 26.4 Å². The number of hydrogen-bond acceptors (Lipinski definition) is 15. The maximum Gasteiger partial charge on any atom is 0.472 e. The summed E-state index contributed by atoms with van der Waals surface area (Å²) in [4.78, 5) is 73.2. The standard InChI is InChI=1S/C88H172O17P2/c1-8-10-11-12-13-14-15-16-17-18-19-20-21-22-27-30-33-36-42-49-57-64-71-87(92)104-83(75-98-85(90)69-62-55-48-41-35-32-29-26-24-23-25-28-31-34-39-45-52-59-66-79(3)4)77-102-106(94,95)100-73-82(89)74-101-107(96,97)103-78-84(76-99-86(91)70-63-56-51-44-46-53-60-67-80(5)6)105-88(93)72-65-58-50-43-38-37-40-47-54-61-68-81(7)9-2/h79-84,89H,8-78H2,1-7H3,(H,94,95)(H,96,97)/t81?,82-,83-,84-/m1/s1. The highest BCUT2D eigenvalue weighted by Gasteiger charge is 2.31. The molecule has 0 saturated heterocycles. The Labute approximate surface area is 658 Å². The molecule has 0 spiro atoms. The predicted octanol–water partition coefficient (Wildman–Crippen LogP) is 26.9. The molecule has 0 saturated carbocycles. The van der Waals surface area contributed by atoms with Gasteiger partial charge in [-0.25, -0.2) is 9.13 Å². The molecule has 0 heterocycles. The Morgan fingerprint density at radius 3 is 0.710 bits per heavy atom. The highest BCUT2D eigenvalue weighted by atomic mass is 31.2. The van der Waals surface area contributed by atoms with Crippen LogP contribution in [0.25, 0.3) is 0 Å². The van der Waals surface area contributed by atoms with Gasteiger partial charge in [0.2, 0.25) is 0 Å². The number of rotatable bonds is 86. The number of unbranched alkanes of at least 4 members (excludes halogenated alkanes) is 53. The molecule has 0 radical (unpaired) electrons. The van der Waals surface area contributed by atoms with Crippen molar-refractivity contribution in [2.45, 2.75) is 484 Å². The first-order valence-electron chi connectivity index (χ1n) is 45.4. The molecule has 0 aromatic rings. The molecular formula is C88H172O17P2. The molecule has 0 rings (SSSR count). The fourth-order valence-corrected chi connectivity index (χ4v) is 15.3. The van der Waals surface area contributed by atoms with Crippen LogP contribution < -0.4 is 0 Å². The second-order valence-electron chi connectivity index (χ2n) is 32.8. The first kappa shape index (κ1) is 105. The van der Waals surface area contributed by atoms with Crippen LogP contribution in [0.3, 0.4) is 0 Å². The number of esters is 4. The number of aliphatic hydroxyl groups excluding tert-OH is 1. The molecule has 3 N–H and O–H groups in total. The molecule has 17 nitrogen and oxygen atoms in total. The van der Waals surface area contributed by atoms with Crippen molar-refractivity contribution in [1.29, 1.82) is 0 Å². The Morgan fingerprint density at radius 1 is 0.271 bits per heavy atom. The zero-order valence-electron chi connectivity index (χ0n) is 70.6. The second-order valence-corrected chi connectivity index (χ2v) is 35.7. The third kappa shape index (κ3) is 80.5.